The first kappa shape index (κ1) is 12.4. The Morgan fingerprint density at radius 3 is 2.80 bits per heavy atom. The van der Waals surface area contributed by atoms with E-state index in [9.17, 15) is 13.2 Å². The van der Waals surface area contributed by atoms with Crippen LogP contribution in [0.4, 0.5) is 0 Å². The second-order valence-electron chi connectivity index (χ2n) is 4.12. The molecule has 1 unspecified atom stereocenters. The molecular formula is C9H18N2O3S. The number of rotatable bonds is 4. The maximum atomic E-state index is 11.4. The van der Waals surface area contributed by atoms with Crippen LogP contribution in [-0.2, 0) is 14.6 Å². The van der Waals surface area contributed by atoms with Gasteiger partial charge in [0.1, 0.15) is 9.84 Å². The Kier molecular flexibility index (Phi) is 4.10. The zero-order chi connectivity index (χ0) is 11.5. The lowest BCUT2D eigenvalue weighted by atomic mass is 10.1. The van der Waals surface area contributed by atoms with Crippen LogP contribution in [0.15, 0.2) is 0 Å². The van der Waals surface area contributed by atoms with Crippen LogP contribution in [-0.4, -0.2) is 50.4 Å². The lowest BCUT2D eigenvalue weighted by Gasteiger charge is -2.30. The minimum atomic E-state index is -2.93. The van der Waals surface area contributed by atoms with Crippen molar-refractivity contribution in [3.63, 3.8) is 0 Å². The van der Waals surface area contributed by atoms with E-state index in [1.165, 1.54) is 6.26 Å². The number of piperidine rings is 1. The number of nitrogens with two attached hydrogens (primary N) is 1. The first-order chi connectivity index (χ1) is 6.88. The molecule has 1 rings (SSSR count). The predicted molar refractivity (Wildman–Crippen MR) is 58.1 cm³/mol. The summed E-state index contributed by atoms with van der Waals surface area (Å²) in [4.78, 5) is 13.1. The van der Waals surface area contributed by atoms with E-state index in [0.29, 0.717) is 25.9 Å². The maximum Gasteiger partial charge on any atom is 0.222 e. The molecular weight excluding hydrogens is 216 g/mol. The molecule has 1 aliphatic heterocycles. The molecule has 0 aromatic heterocycles. The van der Waals surface area contributed by atoms with Gasteiger partial charge in [-0.2, -0.15) is 0 Å². The minimum absolute atomic E-state index is 0.0425. The Balaban J connectivity index is 2.34. The zero-order valence-electron chi connectivity index (χ0n) is 8.98. The average Bonchev–Trinajstić information content (AvgIpc) is 2.09. The molecule has 0 aromatic rings. The van der Waals surface area contributed by atoms with Crippen LogP contribution in [0.25, 0.3) is 0 Å². The Morgan fingerprint density at radius 1 is 1.53 bits per heavy atom. The molecule has 0 radical (unpaired) electrons. The number of hydrogen-bond acceptors (Lipinski definition) is 4. The first-order valence-corrected chi connectivity index (χ1v) is 7.15. The molecule has 15 heavy (non-hydrogen) atoms. The molecule has 0 spiro atoms. The summed E-state index contributed by atoms with van der Waals surface area (Å²) >= 11 is 0. The zero-order valence-corrected chi connectivity index (χ0v) is 9.79. The smallest absolute Gasteiger partial charge is 0.222 e. The molecule has 1 aliphatic rings. The molecule has 0 aliphatic carbocycles. The average molecular weight is 234 g/mol. The Bertz CT molecular complexity index is 326. The van der Waals surface area contributed by atoms with Crippen molar-refractivity contribution in [2.45, 2.75) is 25.3 Å². The van der Waals surface area contributed by atoms with E-state index >= 15 is 0 Å². The van der Waals surface area contributed by atoms with Crippen LogP contribution < -0.4 is 5.73 Å². The lowest BCUT2D eigenvalue weighted by Crippen LogP contribution is -2.46. The topological polar surface area (TPSA) is 80.5 Å². The first-order valence-electron chi connectivity index (χ1n) is 5.09. The summed E-state index contributed by atoms with van der Waals surface area (Å²) < 4.78 is 21.8. The van der Waals surface area contributed by atoms with Crippen molar-refractivity contribution in [2.24, 2.45) is 5.73 Å². The SMILES string of the molecule is CS(=O)(=O)CCCN1CC(N)CCC1=O. The quantitative estimate of drug-likeness (QED) is 0.702. The van der Waals surface area contributed by atoms with Crippen LogP contribution in [0.3, 0.4) is 0 Å². The van der Waals surface area contributed by atoms with E-state index < -0.39 is 9.84 Å². The van der Waals surface area contributed by atoms with Crippen molar-refractivity contribution >= 4 is 15.7 Å². The van der Waals surface area contributed by atoms with E-state index in [1.807, 2.05) is 0 Å². The van der Waals surface area contributed by atoms with Crippen LogP contribution in [0.2, 0.25) is 0 Å². The van der Waals surface area contributed by atoms with Crippen LogP contribution in [0.1, 0.15) is 19.3 Å². The van der Waals surface area contributed by atoms with Crippen molar-refractivity contribution in [3.05, 3.63) is 0 Å². The van der Waals surface area contributed by atoms with Gasteiger partial charge in [0.2, 0.25) is 5.91 Å². The summed E-state index contributed by atoms with van der Waals surface area (Å²) in [5, 5.41) is 0. The predicted octanol–water partition coefficient (Wildman–Crippen LogP) is -0.629. The fourth-order valence-electron chi connectivity index (χ4n) is 1.68. The number of hydrogen-bond donors (Lipinski definition) is 1. The second kappa shape index (κ2) is 4.94. The Hall–Kier alpha value is -0.620. The summed E-state index contributed by atoms with van der Waals surface area (Å²) in [6, 6.07) is 0.0425. The molecule has 88 valence electrons. The number of carbonyl (C=O) groups is 1. The molecule has 1 amide bonds. The third-order valence-electron chi connectivity index (χ3n) is 2.48. The van der Waals surface area contributed by atoms with Crippen LogP contribution in [0, 0.1) is 0 Å². The van der Waals surface area contributed by atoms with Gasteiger partial charge in [-0.05, 0) is 12.8 Å². The van der Waals surface area contributed by atoms with Crippen molar-refractivity contribution in [2.75, 3.05) is 25.1 Å². The molecule has 0 saturated carbocycles. The second-order valence-corrected chi connectivity index (χ2v) is 6.38. The normalized spacial score (nSPS) is 23.2. The van der Waals surface area contributed by atoms with Gasteiger partial charge in [-0.3, -0.25) is 4.79 Å². The van der Waals surface area contributed by atoms with E-state index in [-0.39, 0.29) is 17.7 Å². The maximum absolute atomic E-state index is 11.4. The van der Waals surface area contributed by atoms with Gasteiger partial charge >= 0.3 is 0 Å². The molecule has 1 fully saturated rings. The monoisotopic (exact) mass is 234 g/mol. The van der Waals surface area contributed by atoms with E-state index in [2.05, 4.69) is 0 Å². The molecule has 1 atom stereocenters. The van der Waals surface area contributed by atoms with E-state index in [4.69, 9.17) is 5.73 Å². The van der Waals surface area contributed by atoms with Crippen LogP contribution >= 0.6 is 0 Å². The lowest BCUT2D eigenvalue weighted by molar-refractivity contribution is -0.133. The molecule has 5 nitrogen and oxygen atoms in total. The highest BCUT2D eigenvalue weighted by atomic mass is 32.2. The standard InChI is InChI=1S/C9H18N2O3S/c1-15(13,14)6-2-5-11-7-8(10)3-4-9(11)12/h8H,2-7,10H2,1H3. The number of amides is 1. The minimum Gasteiger partial charge on any atom is -0.341 e. The van der Waals surface area contributed by atoms with Crippen molar-refractivity contribution in [1.29, 1.82) is 0 Å². The van der Waals surface area contributed by atoms with Gasteiger partial charge in [-0.1, -0.05) is 0 Å². The number of sulfone groups is 1. The Morgan fingerprint density at radius 2 is 2.20 bits per heavy atom. The summed E-state index contributed by atoms with van der Waals surface area (Å²) in [7, 11) is -2.93. The number of nitrogens with zero attached hydrogens (tertiary/aromatic N) is 1. The molecule has 2 N–H and O–H groups in total. The summed E-state index contributed by atoms with van der Waals surface area (Å²) in [5.41, 5.74) is 5.73. The number of likely N-dealkylation sites (tertiary alicyclic amines) is 1. The summed E-state index contributed by atoms with van der Waals surface area (Å²) in [6.07, 6.45) is 2.93. The van der Waals surface area contributed by atoms with Gasteiger partial charge in [0.15, 0.2) is 0 Å². The highest BCUT2D eigenvalue weighted by Gasteiger charge is 2.22. The van der Waals surface area contributed by atoms with E-state index in [0.717, 1.165) is 6.42 Å². The van der Waals surface area contributed by atoms with Gasteiger partial charge in [-0.15, -0.1) is 0 Å². The third-order valence-corrected chi connectivity index (χ3v) is 3.51. The molecule has 1 heterocycles. The fourth-order valence-corrected chi connectivity index (χ4v) is 2.33. The van der Waals surface area contributed by atoms with Crippen molar-refractivity contribution < 1.29 is 13.2 Å². The van der Waals surface area contributed by atoms with Crippen molar-refractivity contribution in [3.8, 4) is 0 Å². The van der Waals surface area contributed by atoms with Gasteiger partial charge in [0, 0.05) is 31.8 Å². The summed E-state index contributed by atoms with van der Waals surface area (Å²) in [5.74, 6) is 0.219. The van der Waals surface area contributed by atoms with Gasteiger partial charge < -0.3 is 10.6 Å². The van der Waals surface area contributed by atoms with E-state index in [1.54, 1.807) is 4.90 Å². The molecule has 6 heteroatoms. The largest absolute Gasteiger partial charge is 0.341 e. The van der Waals surface area contributed by atoms with Gasteiger partial charge in [-0.25, -0.2) is 8.42 Å². The highest BCUT2D eigenvalue weighted by molar-refractivity contribution is 7.90. The fraction of sp³-hybridized carbons (Fsp3) is 0.889. The summed E-state index contributed by atoms with van der Waals surface area (Å²) in [6.45, 7) is 1.06. The highest BCUT2D eigenvalue weighted by Crippen LogP contribution is 2.10. The van der Waals surface area contributed by atoms with Gasteiger partial charge in [0.25, 0.3) is 0 Å². The molecule has 1 saturated heterocycles. The Labute approximate surface area is 90.5 Å². The van der Waals surface area contributed by atoms with Gasteiger partial charge in [0.05, 0.1) is 5.75 Å². The van der Waals surface area contributed by atoms with Crippen LogP contribution in [0.5, 0.6) is 0 Å². The number of carbonyl (C=O) groups excluding carboxylic acids is 1. The molecule has 0 bridgehead atoms. The van der Waals surface area contributed by atoms with Crippen molar-refractivity contribution in [1.82, 2.24) is 4.90 Å². The molecule has 0 aromatic carbocycles. The third kappa shape index (κ3) is 4.61.